The van der Waals surface area contributed by atoms with Gasteiger partial charge in [-0.2, -0.15) is 0 Å². The summed E-state index contributed by atoms with van der Waals surface area (Å²) in [6.07, 6.45) is 2.26. The Labute approximate surface area is 198 Å². The lowest BCUT2D eigenvalue weighted by Gasteiger charge is -2.31. The quantitative estimate of drug-likeness (QED) is 0.0998. The molecule has 12 nitrogen and oxygen atoms in total. The first-order chi connectivity index (χ1) is 16.0. The highest BCUT2D eigenvalue weighted by Crippen LogP contribution is 2.16. The maximum Gasteiger partial charge on any atom is 0.255 e. The third-order valence-corrected chi connectivity index (χ3v) is 5.03. The standard InChI is InChI=1S/C22H33N6O6/c1-13(2)19(27-20(33)17(23)4-3-9-26-22(24)25)21(34)28(18(32)12-30)15(11-29)10-14-5-7-16(31)8-6-14/h5-8,13,15,17,19,30-31H,3-4,9-10,12,23H2,1-2H3,(H,27,33)(H4,24,25,26)/t15-,17-,19-/m0/s1. The lowest BCUT2D eigenvalue weighted by atomic mass is 9.99. The van der Waals surface area contributed by atoms with Gasteiger partial charge in [0, 0.05) is 13.0 Å². The van der Waals surface area contributed by atoms with Crippen LogP contribution in [0.25, 0.3) is 0 Å². The number of amides is 3. The number of imide groups is 1. The molecule has 0 aliphatic rings. The number of guanidine groups is 1. The van der Waals surface area contributed by atoms with Crippen LogP contribution < -0.4 is 22.1 Å². The maximum absolute atomic E-state index is 13.3. The smallest absolute Gasteiger partial charge is 0.255 e. The summed E-state index contributed by atoms with van der Waals surface area (Å²) in [5.74, 6) is -3.19. The van der Waals surface area contributed by atoms with Crippen LogP contribution in [0.5, 0.6) is 5.75 Å². The van der Waals surface area contributed by atoms with Crippen molar-refractivity contribution in [2.75, 3.05) is 13.2 Å². The number of rotatable bonds is 13. The predicted molar refractivity (Wildman–Crippen MR) is 124 cm³/mol. The number of hydrogen-bond donors (Lipinski definition) is 7. The van der Waals surface area contributed by atoms with Crippen molar-refractivity contribution in [1.29, 1.82) is 5.41 Å². The molecule has 1 radical (unpaired) electrons. The number of nitrogens with zero attached hydrogens (tertiary/aromatic N) is 1. The molecular weight excluding hydrogens is 444 g/mol. The van der Waals surface area contributed by atoms with Gasteiger partial charge in [-0.05, 0) is 36.5 Å². The van der Waals surface area contributed by atoms with Gasteiger partial charge in [0.25, 0.3) is 11.8 Å². The van der Waals surface area contributed by atoms with E-state index in [4.69, 9.17) is 16.9 Å². The summed E-state index contributed by atoms with van der Waals surface area (Å²) in [5.41, 5.74) is 11.6. The number of aliphatic hydroxyl groups is 1. The van der Waals surface area contributed by atoms with Gasteiger partial charge in [-0.15, -0.1) is 0 Å². The summed E-state index contributed by atoms with van der Waals surface area (Å²) in [7, 11) is 0. The van der Waals surface area contributed by atoms with E-state index in [2.05, 4.69) is 10.6 Å². The number of nitrogens with one attached hydrogen (secondary N) is 3. The molecule has 1 aromatic carbocycles. The zero-order chi connectivity index (χ0) is 25.8. The van der Waals surface area contributed by atoms with E-state index in [-0.39, 0.29) is 24.6 Å². The van der Waals surface area contributed by atoms with Crippen molar-refractivity contribution in [3.8, 4) is 5.75 Å². The fraction of sp³-hybridized carbons (Fsp3) is 0.500. The topological polar surface area (TPSA) is 212 Å². The summed E-state index contributed by atoms with van der Waals surface area (Å²) < 4.78 is 0. The Morgan fingerprint density at radius 1 is 1.21 bits per heavy atom. The fourth-order valence-corrected chi connectivity index (χ4v) is 3.17. The number of carbonyl (C=O) groups is 3. The first-order valence-corrected chi connectivity index (χ1v) is 10.8. The van der Waals surface area contributed by atoms with Crippen LogP contribution in [0.2, 0.25) is 0 Å². The Bertz CT molecular complexity index is 860. The lowest BCUT2D eigenvalue weighted by Crippen LogP contribution is -2.59. The number of hydrogen-bond acceptors (Lipinski definition) is 8. The molecule has 0 spiro atoms. The Morgan fingerprint density at radius 2 is 1.82 bits per heavy atom. The van der Waals surface area contributed by atoms with E-state index < -0.39 is 48.4 Å². The van der Waals surface area contributed by atoms with Gasteiger partial charge in [0.05, 0.1) is 6.04 Å². The number of aliphatic hydroxyl groups excluding tert-OH is 1. The van der Waals surface area contributed by atoms with Crippen LogP contribution in [0.4, 0.5) is 0 Å². The van der Waals surface area contributed by atoms with Crippen LogP contribution in [0, 0.1) is 11.3 Å². The van der Waals surface area contributed by atoms with E-state index in [0.29, 0.717) is 23.4 Å². The molecule has 0 fully saturated rings. The van der Waals surface area contributed by atoms with Gasteiger partial charge in [-0.3, -0.25) is 29.5 Å². The summed E-state index contributed by atoms with van der Waals surface area (Å²) >= 11 is 0. The third-order valence-electron chi connectivity index (χ3n) is 5.03. The normalized spacial score (nSPS) is 13.4. The Morgan fingerprint density at radius 3 is 2.32 bits per heavy atom. The van der Waals surface area contributed by atoms with Crippen LogP contribution >= 0.6 is 0 Å². The van der Waals surface area contributed by atoms with Gasteiger partial charge < -0.3 is 32.3 Å². The fourth-order valence-electron chi connectivity index (χ4n) is 3.17. The monoisotopic (exact) mass is 477 g/mol. The molecule has 34 heavy (non-hydrogen) atoms. The van der Waals surface area contributed by atoms with E-state index in [1.807, 2.05) is 0 Å². The molecule has 3 atom stereocenters. The molecule has 0 heterocycles. The zero-order valence-corrected chi connectivity index (χ0v) is 19.3. The SMILES string of the molecule is CC(C)[C@H](NC(=O)[C@@H](N)CCCNC(=N)N)C(=O)N(C(=O)CO)[C@H]([C]=O)Cc1ccc(O)cc1. The summed E-state index contributed by atoms with van der Waals surface area (Å²) in [6, 6.07) is 2.31. The van der Waals surface area contributed by atoms with Crippen molar-refractivity contribution >= 4 is 30.0 Å². The molecule has 12 heteroatoms. The van der Waals surface area contributed by atoms with Gasteiger partial charge in [0.1, 0.15) is 24.4 Å². The van der Waals surface area contributed by atoms with Crippen LogP contribution in [0.1, 0.15) is 32.3 Å². The molecule has 0 unspecified atom stereocenters. The highest BCUT2D eigenvalue weighted by atomic mass is 16.3. The predicted octanol–water partition coefficient (Wildman–Crippen LogP) is -1.51. The molecule has 3 amide bonds. The Kier molecular flexibility index (Phi) is 11.7. The average Bonchev–Trinajstić information content (AvgIpc) is 2.79. The molecule has 0 aromatic heterocycles. The number of aromatic hydroxyl groups is 1. The van der Waals surface area contributed by atoms with Crippen LogP contribution in [-0.4, -0.2) is 76.4 Å². The van der Waals surface area contributed by atoms with Gasteiger partial charge in [-0.25, -0.2) is 0 Å². The van der Waals surface area contributed by atoms with Crippen molar-refractivity contribution in [3.63, 3.8) is 0 Å². The molecular formula is C22H33N6O6. The van der Waals surface area contributed by atoms with Gasteiger partial charge in [-0.1, -0.05) is 26.0 Å². The van der Waals surface area contributed by atoms with Crippen molar-refractivity contribution in [1.82, 2.24) is 15.5 Å². The first kappa shape index (κ1) is 28.5. The number of nitrogens with two attached hydrogens (primary N) is 2. The van der Waals surface area contributed by atoms with Crippen molar-refractivity contribution in [3.05, 3.63) is 29.8 Å². The summed E-state index contributed by atoms with van der Waals surface area (Å²) in [4.78, 5) is 50.6. The number of phenolic OH excluding ortho intramolecular Hbond substituents is 1. The minimum Gasteiger partial charge on any atom is -0.508 e. The minimum absolute atomic E-state index is 0.00532. The summed E-state index contributed by atoms with van der Waals surface area (Å²) in [5, 5.41) is 31.1. The third kappa shape index (κ3) is 8.79. The van der Waals surface area contributed by atoms with Crippen molar-refractivity contribution in [2.45, 2.75) is 51.2 Å². The second-order valence-electron chi connectivity index (χ2n) is 8.08. The Balaban J connectivity index is 3.01. The number of carbonyl (C=O) groups excluding carboxylic acids is 4. The van der Waals surface area contributed by atoms with E-state index in [1.54, 1.807) is 20.1 Å². The molecule has 0 saturated heterocycles. The van der Waals surface area contributed by atoms with Gasteiger partial charge >= 0.3 is 0 Å². The second kappa shape index (κ2) is 13.9. The maximum atomic E-state index is 13.3. The van der Waals surface area contributed by atoms with E-state index >= 15 is 0 Å². The van der Waals surface area contributed by atoms with Crippen LogP contribution in [-0.2, 0) is 25.6 Å². The molecule has 187 valence electrons. The minimum atomic E-state index is -1.36. The number of benzene rings is 1. The van der Waals surface area contributed by atoms with Crippen LogP contribution in [0.3, 0.4) is 0 Å². The molecule has 0 aliphatic carbocycles. The molecule has 0 bridgehead atoms. The molecule has 9 N–H and O–H groups in total. The van der Waals surface area contributed by atoms with E-state index in [9.17, 15) is 29.4 Å². The molecule has 0 aliphatic heterocycles. The number of phenols is 1. The van der Waals surface area contributed by atoms with Crippen LogP contribution in [0.15, 0.2) is 24.3 Å². The van der Waals surface area contributed by atoms with Crippen molar-refractivity contribution in [2.24, 2.45) is 17.4 Å². The van der Waals surface area contributed by atoms with E-state index in [0.717, 1.165) is 0 Å². The lowest BCUT2D eigenvalue weighted by molar-refractivity contribution is -0.151. The second-order valence-corrected chi connectivity index (χ2v) is 8.08. The van der Waals surface area contributed by atoms with Gasteiger partial charge in [0.15, 0.2) is 5.96 Å². The van der Waals surface area contributed by atoms with Gasteiger partial charge in [0.2, 0.25) is 12.2 Å². The molecule has 0 saturated carbocycles. The first-order valence-electron chi connectivity index (χ1n) is 10.8. The molecule has 1 aromatic rings. The zero-order valence-electron chi connectivity index (χ0n) is 19.3. The Hall–Kier alpha value is -3.51. The summed E-state index contributed by atoms with van der Waals surface area (Å²) in [6.45, 7) is 2.61. The average molecular weight is 478 g/mol. The van der Waals surface area contributed by atoms with Crippen molar-refractivity contribution < 1.29 is 29.4 Å². The van der Waals surface area contributed by atoms with E-state index in [1.165, 1.54) is 24.3 Å². The highest BCUT2D eigenvalue weighted by Gasteiger charge is 2.37. The molecule has 1 rings (SSSR count). The largest absolute Gasteiger partial charge is 0.508 e. The highest BCUT2D eigenvalue weighted by molar-refractivity contribution is 6.02.